The Kier molecular flexibility index (Phi) is 4.96. The molecule has 0 aromatic carbocycles. The minimum atomic E-state index is -2.83. The third-order valence-electron chi connectivity index (χ3n) is 5.15. The SMILES string of the molecule is C=CCNC(=NCC1CCS(=O)(=O)C1)N1CCC2(CCOC2)C1. The summed E-state index contributed by atoms with van der Waals surface area (Å²) in [7, 11) is -2.83. The molecule has 23 heavy (non-hydrogen) atoms. The highest BCUT2D eigenvalue weighted by Gasteiger charge is 2.42. The van der Waals surface area contributed by atoms with Gasteiger partial charge in [-0.3, -0.25) is 4.99 Å². The molecule has 6 nitrogen and oxygen atoms in total. The molecule has 3 rings (SSSR count). The van der Waals surface area contributed by atoms with E-state index in [1.165, 1.54) is 0 Å². The molecule has 3 aliphatic heterocycles. The highest BCUT2D eigenvalue weighted by Crippen LogP contribution is 2.38. The molecular weight excluding hydrogens is 314 g/mol. The van der Waals surface area contributed by atoms with Crippen molar-refractivity contribution in [2.75, 3.05) is 50.9 Å². The third kappa shape index (κ3) is 4.07. The summed E-state index contributed by atoms with van der Waals surface area (Å²) in [5, 5.41) is 3.33. The van der Waals surface area contributed by atoms with E-state index in [0.717, 1.165) is 51.5 Å². The lowest BCUT2D eigenvalue weighted by molar-refractivity contribution is 0.156. The van der Waals surface area contributed by atoms with Gasteiger partial charge in [-0.1, -0.05) is 6.08 Å². The summed E-state index contributed by atoms with van der Waals surface area (Å²) in [6, 6.07) is 0. The Morgan fingerprint density at radius 2 is 2.35 bits per heavy atom. The summed E-state index contributed by atoms with van der Waals surface area (Å²) >= 11 is 0. The van der Waals surface area contributed by atoms with Crippen molar-refractivity contribution in [3.8, 4) is 0 Å². The third-order valence-corrected chi connectivity index (χ3v) is 6.99. The van der Waals surface area contributed by atoms with E-state index in [9.17, 15) is 8.42 Å². The Balaban J connectivity index is 1.63. The predicted molar refractivity (Wildman–Crippen MR) is 91.3 cm³/mol. The Labute approximate surface area is 138 Å². The van der Waals surface area contributed by atoms with Gasteiger partial charge in [0.15, 0.2) is 15.8 Å². The number of hydrogen-bond donors (Lipinski definition) is 1. The molecule has 3 fully saturated rings. The lowest BCUT2D eigenvalue weighted by atomic mass is 9.87. The zero-order chi connectivity index (χ0) is 16.3. The van der Waals surface area contributed by atoms with Crippen LogP contribution in [0.3, 0.4) is 0 Å². The number of aliphatic imine (C=N–C) groups is 1. The van der Waals surface area contributed by atoms with Crippen LogP contribution >= 0.6 is 0 Å². The monoisotopic (exact) mass is 341 g/mol. The highest BCUT2D eigenvalue weighted by atomic mass is 32.2. The fraction of sp³-hybridized carbons (Fsp3) is 0.812. The van der Waals surface area contributed by atoms with E-state index in [1.54, 1.807) is 0 Å². The summed E-state index contributed by atoms with van der Waals surface area (Å²) in [5.74, 6) is 1.64. The van der Waals surface area contributed by atoms with Gasteiger partial charge in [-0.25, -0.2) is 8.42 Å². The minimum Gasteiger partial charge on any atom is -0.381 e. The number of ether oxygens (including phenoxy) is 1. The van der Waals surface area contributed by atoms with Crippen LogP contribution < -0.4 is 5.32 Å². The van der Waals surface area contributed by atoms with Crippen LogP contribution in [-0.2, 0) is 14.6 Å². The van der Waals surface area contributed by atoms with Crippen molar-refractivity contribution in [3.05, 3.63) is 12.7 Å². The topological polar surface area (TPSA) is 71.0 Å². The first-order valence-corrected chi connectivity index (χ1v) is 10.3. The largest absolute Gasteiger partial charge is 0.381 e. The Bertz CT molecular complexity index is 567. The van der Waals surface area contributed by atoms with E-state index >= 15 is 0 Å². The first-order valence-electron chi connectivity index (χ1n) is 8.44. The van der Waals surface area contributed by atoms with Crippen molar-refractivity contribution in [2.24, 2.45) is 16.3 Å². The quantitative estimate of drug-likeness (QED) is 0.462. The minimum absolute atomic E-state index is 0.159. The van der Waals surface area contributed by atoms with Crippen molar-refractivity contribution >= 4 is 15.8 Å². The molecule has 1 spiro atoms. The predicted octanol–water partition coefficient (Wildman–Crippen LogP) is 0.665. The number of guanidine groups is 1. The van der Waals surface area contributed by atoms with Gasteiger partial charge in [0, 0.05) is 38.2 Å². The number of hydrogen-bond acceptors (Lipinski definition) is 4. The molecule has 0 radical (unpaired) electrons. The van der Waals surface area contributed by atoms with Crippen LogP contribution in [0.15, 0.2) is 17.6 Å². The lowest BCUT2D eigenvalue weighted by Crippen LogP contribution is -2.42. The van der Waals surface area contributed by atoms with Gasteiger partial charge in [0.1, 0.15) is 0 Å². The summed E-state index contributed by atoms with van der Waals surface area (Å²) < 4.78 is 28.7. The zero-order valence-electron chi connectivity index (χ0n) is 13.7. The van der Waals surface area contributed by atoms with Gasteiger partial charge in [0.25, 0.3) is 0 Å². The Hall–Kier alpha value is -1.08. The van der Waals surface area contributed by atoms with Gasteiger partial charge in [0.2, 0.25) is 0 Å². The average molecular weight is 341 g/mol. The normalized spacial score (nSPS) is 33.5. The van der Waals surface area contributed by atoms with Gasteiger partial charge < -0.3 is 15.0 Å². The second kappa shape index (κ2) is 6.81. The van der Waals surface area contributed by atoms with Crippen LogP contribution in [0.2, 0.25) is 0 Å². The van der Waals surface area contributed by atoms with Gasteiger partial charge in [0.05, 0.1) is 18.1 Å². The Morgan fingerprint density at radius 3 is 3.00 bits per heavy atom. The Morgan fingerprint density at radius 1 is 1.48 bits per heavy atom. The number of likely N-dealkylation sites (tertiary alicyclic amines) is 1. The van der Waals surface area contributed by atoms with Crippen LogP contribution in [0.5, 0.6) is 0 Å². The highest BCUT2D eigenvalue weighted by molar-refractivity contribution is 7.91. The molecule has 0 bridgehead atoms. The van der Waals surface area contributed by atoms with Crippen molar-refractivity contribution in [3.63, 3.8) is 0 Å². The molecule has 130 valence electrons. The van der Waals surface area contributed by atoms with E-state index in [-0.39, 0.29) is 17.1 Å². The smallest absolute Gasteiger partial charge is 0.194 e. The second-order valence-corrected chi connectivity index (χ2v) is 9.31. The molecule has 2 unspecified atom stereocenters. The molecule has 0 aromatic heterocycles. The van der Waals surface area contributed by atoms with Crippen molar-refractivity contribution < 1.29 is 13.2 Å². The molecule has 0 aliphatic carbocycles. The summed E-state index contributed by atoms with van der Waals surface area (Å²) in [4.78, 5) is 7.02. The van der Waals surface area contributed by atoms with Crippen molar-refractivity contribution in [1.29, 1.82) is 0 Å². The molecule has 3 heterocycles. The molecule has 7 heteroatoms. The van der Waals surface area contributed by atoms with E-state index in [2.05, 4.69) is 16.8 Å². The maximum Gasteiger partial charge on any atom is 0.194 e. The van der Waals surface area contributed by atoms with Crippen molar-refractivity contribution in [2.45, 2.75) is 19.3 Å². The van der Waals surface area contributed by atoms with Crippen LogP contribution in [-0.4, -0.2) is 70.2 Å². The number of rotatable bonds is 4. The van der Waals surface area contributed by atoms with E-state index < -0.39 is 9.84 Å². The van der Waals surface area contributed by atoms with Gasteiger partial charge >= 0.3 is 0 Å². The van der Waals surface area contributed by atoms with Gasteiger partial charge in [-0.05, 0) is 25.2 Å². The van der Waals surface area contributed by atoms with Gasteiger partial charge in [-0.2, -0.15) is 0 Å². The standard InChI is InChI=1S/C16H27N3O3S/c1-2-6-17-15(18-10-14-3-9-23(20,21)11-14)19-7-4-16(12-19)5-8-22-13-16/h2,14H,1,3-13H2,(H,17,18). The number of nitrogens with one attached hydrogen (secondary N) is 1. The van der Waals surface area contributed by atoms with E-state index in [1.807, 2.05) is 6.08 Å². The maximum atomic E-state index is 11.6. The van der Waals surface area contributed by atoms with Crippen LogP contribution in [0.1, 0.15) is 19.3 Å². The summed E-state index contributed by atoms with van der Waals surface area (Å²) in [6.45, 7) is 8.66. The summed E-state index contributed by atoms with van der Waals surface area (Å²) in [5.41, 5.74) is 0.285. The lowest BCUT2D eigenvalue weighted by Gasteiger charge is -2.25. The molecule has 3 aliphatic rings. The second-order valence-electron chi connectivity index (χ2n) is 7.08. The number of nitrogens with zero attached hydrogens (tertiary/aromatic N) is 2. The molecule has 0 saturated carbocycles. The summed E-state index contributed by atoms with van der Waals surface area (Å²) in [6.07, 6.45) is 4.82. The molecular formula is C16H27N3O3S. The molecule has 2 atom stereocenters. The number of sulfone groups is 1. The first-order chi connectivity index (χ1) is 11.0. The van der Waals surface area contributed by atoms with Crippen LogP contribution in [0.25, 0.3) is 0 Å². The van der Waals surface area contributed by atoms with E-state index in [4.69, 9.17) is 9.73 Å². The van der Waals surface area contributed by atoms with Crippen LogP contribution in [0, 0.1) is 11.3 Å². The molecule has 1 N–H and O–H groups in total. The zero-order valence-corrected chi connectivity index (χ0v) is 14.5. The fourth-order valence-electron chi connectivity index (χ4n) is 3.75. The van der Waals surface area contributed by atoms with E-state index in [0.29, 0.717) is 18.8 Å². The molecule has 0 aromatic rings. The molecule has 3 saturated heterocycles. The first kappa shape index (κ1) is 16.8. The van der Waals surface area contributed by atoms with Crippen molar-refractivity contribution in [1.82, 2.24) is 10.2 Å². The van der Waals surface area contributed by atoms with Gasteiger partial charge in [-0.15, -0.1) is 6.58 Å². The molecule has 0 amide bonds. The van der Waals surface area contributed by atoms with Crippen LogP contribution in [0.4, 0.5) is 0 Å². The maximum absolute atomic E-state index is 11.6. The fourth-order valence-corrected chi connectivity index (χ4v) is 5.60. The average Bonchev–Trinajstić information content (AvgIpc) is 3.22.